The topological polar surface area (TPSA) is 66.1 Å². The Kier molecular flexibility index (Phi) is 6.67. The van der Waals surface area contributed by atoms with Crippen molar-refractivity contribution < 1.29 is 9.53 Å². The second-order valence-electron chi connectivity index (χ2n) is 6.16. The smallest absolute Gasteiger partial charge is 0.344 e. The van der Waals surface area contributed by atoms with E-state index < -0.39 is 11.4 Å². The molecule has 29 heavy (non-hydrogen) atoms. The third kappa shape index (κ3) is 4.34. The van der Waals surface area contributed by atoms with Crippen LogP contribution < -0.4 is 5.43 Å². The molecule has 3 aromatic rings. The number of hydrogen-bond acceptors (Lipinski definition) is 4. The van der Waals surface area contributed by atoms with Crippen LogP contribution in [0.3, 0.4) is 0 Å². The first-order chi connectivity index (χ1) is 13.9. The molecule has 0 saturated heterocycles. The van der Waals surface area contributed by atoms with Crippen molar-refractivity contribution in [3.05, 3.63) is 73.5 Å². The van der Waals surface area contributed by atoms with Crippen LogP contribution in [-0.4, -0.2) is 26.7 Å². The van der Waals surface area contributed by atoms with Gasteiger partial charge in [0.1, 0.15) is 10.7 Å². The molecule has 3 rings (SSSR count). The van der Waals surface area contributed by atoms with Crippen molar-refractivity contribution in [2.24, 2.45) is 0 Å². The highest BCUT2D eigenvalue weighted by Crippen LogP contribution is 2.31. The molecule has 0 atom stereocenters. The fourth-order valence-electron chi connectivity index (χ4n) is 3.13. The van der Waals surface area contributed by atoms with Gasteiger partial charge in [0.05, 0.1) is 41.4 Å². The van der Waals surface area contributed by atoms with Gasteiger partial charge < -0.3 is 13.9 Å². The third-order valence-corrected chi connectivity index (χ3v) is 5.43. The van der Waals surface area contributed by atoms with Gasteiger partial charge in [0, 0.05) is 23.9 Å². The number of carbonyl (C=O) groups excluding carboxylic acids is 1. The number of pyridine rings is 1. The van der Waals surface area contributed by atoms with E-state index in [0.29, 0.717) is 45.2 Å². The van der Waals surface area contributed by atoms with Crippen LogP contribution in [0.15, 0.2) is 41.6 Å². The quantitative estimate of drug-likeness (QED) is 0.496. The van der Waals surface area contributed by atoms with Gasteiger partial charge in [-0.25, -0.2) is 9.78 Å². The summed E-state index contributed by atoms with van der Waals surface area (Å²) in [7, 11) is 0. The predicted octanol–water partition coefficient (Wildman–Crippen LogP) is 4.92. The molecule has 2 aromatic heterocycles. The summed E-state index contributed by atoms with van der Waals surface area (Å²) in [4.78, 5) is 29.6. The predicted molar refractivity (Wildman–Crippen MR) is 114 cm³/mol. The Morgan fingerprint density at radius 2 is 1.90 bits per heavy atom. The molecule has 0 saturated carbocycles. The van der Waals surface area contributed by atoms with E-state index >= 15 is 0 Å². The lowest BCUT2D eigenvalue weighted by molar-refractivity contribution is 0.0525. The average Bonchev–Trinajstić information content (AvgIpc) is 3.08. The van der Waals surface area contributed by atoms with Gasteiger partial charge in [0.2, 0.25) is 0 Å². The highest BCUT2D eigenvalue weighted by molar-refractivity contribution is 6.42. The average molecular weight is 455 g/mol. The van der Waals surface area contributed by atoms with Crippen LogP contribution in [0, 0.1) is 0 Å². The van der Waals surface area contributed by atoms with Crippen molar-refractivity contribution in [1.82, 2.24) is 14.1 Å². The van der Waals surface area contributed by atoms with Crippen LogP contribution in [-0.2, 0) is 17.8 Å². The van der Waals surface area contributed by atoms with E-state index in [2.05, 4.69) is 4.98 Å². The van der Waals surface area contributed by atoms with Crippen molar-refractivity contribution in [1.29, 1.82) is 0 Å². The maximum atomic E-state index is 13.0. The van der Waals surface area contributed by atoms with E-state index in [1.165, 1.54) is 12.3 Å². The highest BCUT2D eigenvalue weighted by Gasteiger charge is 2.24. The Balaban J connectivity index is 2.30. The minimum Gasteiger partial charge on any atom is -0.462 e. The van der Waals surface area contributed by atoms with Gasteiger partial charge >= 0.3 is 5.97 Å². The summed E-state index contributed by atoms with van der Waals surface area (Å²) in [6.45, 7) is 4.55. The van der Waals surface area contributed by atoms with E-state index in [0.717, 1.165) is 0 Å². The first-order valence-electron chi connectivity index (χ1n) is 8.92. The van der Waals surface area contributed by atoms with Crippen LogP contribution in [0.25, 0.3) is 11.3 Å². The Hall–Kier alpha value is -2.28. The molecule has 0 amide bonds. The number of esters is 1. The zero-order valence-corrected chi connectivity index (χ0v) is 18.1. The van der Waals surface area contributed by atoms with Crippen LogP contribution in [0.5, 0.6) is 0 Å². The molecule has 0 bridgehead atoms. The summed E-state index contributed by atoms with van der Waals surface area (Å²) in [5.74, 6) is -0.687. The lowest BCUT2D eigenvalue weighted by Crippen LogP contribution is -2.25. The number of hydrogen-bond donors (Lipinski definition) is 0. The van der Waals surface area contributed by atoms with Crippen molar-refractivity contribution in [2.45, 2.75) is 26.9 Å². The molecule has 1 aromatic carbocycles. The standard InChI is InChI=1S/C20H18Cl3N3O3/c1-3-26-13(10-25-11-24-9-17(25)23)8-16(27)18(20(28)29-4-2)19(26)12-5-6-14(21)15(22)7-12/h5-9,11H,3-4,10H2,1-2H3. The monoisotopic (exact) mass is 453 g/mol. The first-order valence-corrected chi connectivity index (χ1v) is 10.1. The largest absolute Gasteiger partial charge is 0.462 e. The molecule has 0 N–H and O–H groups in total. The second kappa shape index (κ2) is 9.03. The summed E-state index contributed by atoms with van der Waals surface area (Å²) < 4.78 is 8.71. The van der Waals surface area contributed by atoms with Crippen LogP contribution in [0.4, 0.5) is 0 Å². The Bertz CT molecular complexity index is 1120. The Labute approximate surface area is 182 Å². The summed E-state index contributed by atoms with van der Waals surface area (Å²) in [5, 5.41) is 1.13. The molecular formula is C20H18Cl3N3O3. The van der Waals surface area contributed by atoms with E-state index in [-0.39, 0.29) is 12.2 Å². The number of imidazole rings is 1. The molecule has 0 fully saturated rings. The summed E-state index contributed by atoms with van der Waals surface area (Å²) in [6.07, 6.45) is 3.09. The molecule has 9 heteroatoms. The molecule has 6 nitrogen and oxygen atoms in total. The molecule has 2 heterocycles. The van der Waals surface area contributed by atoms with Crippen LogP contribution in [0.1, 0.15) is 29.9 Å². The maximum Gasteiger partial charge on any atom is 0.344 e. The van der Waals surface area contributed by atoms with Gasteiger partial charge in [-0.2, -0.15) is 0 Å². The van der Waals surface area contributed by atoms with E-state index in [1.807, 2.05) is 11.5 Å². The Morgan fingerprint density at radius 1 is 1.14 bits per heavy atom. The lowest BCUT2D eigenvalue weighted by atomic mass is 10.0. The first kappa shape index (κ1) is 21.4. The summed E-state index contributed by atoms with van der Waals surface area (Å²) in [5.41, 5.74) is 1.17. The normalized spacial score (nSPS) is 10.9. The number of aromatic nitrogens is 3. The molecule has 0 aliphatic rings. The molecule has 0 aliphatic carbocycles. The van der Waals surface area contributed by atoms with Crippen molar-refractivity contribution in [3.8, 4) is 11.3 Å². The molecule has 0 radical (unpaired) electrons. The van der Waals surface area contributed by atoms with Gasteiger partial charge in [-0.05, 0) is 26.0 Å². The number of nitrogens with zero attached hydrogens (tertiary/aromatic N) is 3. The zero-order chi connectivity index (χ0) is 21.1. The molecular weight excluding hydrogens is 437 g/mol. The van der Waals surface area contributed by atoms with Crippen molar-refractivity contribution in [2.75, 3.05) is 6.61 Å². The van der Waals surface area contributed by atoms with E-state index in [1.54, 1.807) is 36.0 Å². The maximum absolute atomic E-state index is 13.0. The van der Waals surface area contributed by atoms with Crippen LogP contribution in [0.2, 0.25) is 15.2 Å². The second-order valence-corrected chi connectivity index (χ2v) is 7.36. The zero-order valence-electron chi connectivity index (χ0n) is 15.8. The summed E-state index contributed by atoms with van der Waals surface area (Å²) >= 11 is 18.4. The minimum absolute atomic E-state index is 0.0485. The van der Waals surface area contributed by atoms with Crippen molar-refractivity contribution in [3.63, 3.8) is 0 Å². The minimum atomic E-state index is -0.687. The number of halogens is 3. The van der Waals surface area contributed by atoms with Crippen LogP contribution >= 0.6 is 34.8 Å². The van der Waals surface area contributed by atoms with E-state index in [9.17, 15) is 9.59 Å². The summed E-state index contributed by atoms with van der Waals surface area (Å²) in [6, 6.07) is 6.39. The number of benzene rings is 1. The van der Waals surface area contributed by atoms with E-state index in [4.69, 9.17) is 39.5 Å². The van der Waals surface area contributed by atoms with Gasteiger partial charge in [-0.1, -0.05) is 40.9 Å². The fraction of sp³-hybridized carbons (Fsp3) is 0.250. The Morgan fingerprint density at radius 3 is 2.48 bits per heavy atom. The fourth-order valence-corrected chi connectivity index (χ4v) is 3.59. The van der Waals surface area contributed by atoms with Crippen molar-refractivity contribution >= 4 is 40.8 Å². The molecule has 0 aliphatic heterocycles. The number of rotatable bonds is 6. The van der Waals surface area contributed by atoms with Gasteiger partial charge in [0.15, 0.2) is 5.43 Å². The SMILES string of the molecule is CCOC(=O)c1c(-c2ccc(Cl)c(Cl)c2)n(CC)c(Cn2cncc2Cl)cc1=O. The lowest BCUT2D eigenvalue weighted by Gasteiger charge is -2.21. The van der Waals surface area contributed by atoms with Gasteiger partial charge in [-0.3, -0.25) is 4.79 Å². The molecule has 0 unspecified atom stereocenters. The number of carbonyl (C=O) groups is 1. The third-order valence-electron chi connectivity index (χ3n) is 4.38. The van der Waals surface area contributed by atoms with Gasteiger partial charge in [0.25, 0.3) is 0 Å². The molecule has 0 spiro atoms. The molecule has 152 valence electrons. The number of ether oxygens (including phenoxy) is 1. The van der Waals surface area contributed by atoms with Gasteiger partial charge in [-0.15, -0.1) is 0 Å². The highest BCUT2D eigenvalue weighted by atomic mass is 35.5.